The van der Waals surface area contributed by atoms with E-state index in [0.717, 1.165) is 46.7 Å². The normalized spacial score (nSPS) is 12.2. The lowest BCUT2D eigenvalue weighted by Gasteiger charge is -2.10. The Labute approximate surface area is 267 Å². The minimum absolute atomic E-state index is 0.0376. The highest BCUT2D eigenvalue weighted by atomic mass is 19.4. The maximum absolute atomic E-state index is 13.0. The van der Waals surface area contributed by atoms with Crippen LogP contribution in [0.5, 0.6) is 23.0 Å². The van der Waals surface area contributed by atoms with Gasteiger partial charge in [0, 0.05) is 24.3 Å². The van der Waals surface area contributed by atoms with Gasteiger partial charge >= 0.3 is 12.4 Å². The second-order valence-electron chi connectivity index (χ2n) is 10.8. The van der Waals surface area contributed by atoms with Crippen LogP contribution >= 0.6 is 0 Å². The van der Waals surface area contributed by atoms with Crippen LogP contribution in [-0.4, -0.2) is 53.4 Å². The van der Waals surface area contributed by atoms with Crippen molar-refractivity contribution >= 4 is 22.1 Å². The van der Waals surface area contributed by atoms with Gasteiger partial charge in [0.05, 0.1) is 30.0 Å². The number of nitrogens with zero attached hydrogens (tertiary/aromatic N) is 6. The van der Waals surface area contributed by atoms with E-state index >= 15 is 0 Å². The molecule has 6 aromatic rings. The summed E-state index contributed by atoms with van der Waals surface area (Å²) in [6.45, 7) is 0.714. The van der Waals surface area contributed by atoms with Gasteiger partial charge < -0.3 is 19.7 Å². The fraction of sp³-hybridized carbons (Fsp3) is 0.250. The Balaban J connectivity index is 0.951. The van der Waals surface area contributed by atoms with Crippen LogP contribution in [0.25, 0.3) is 33.4 Å². The zero-order chi connectivity index (χ0) is 34.1. The average Bonchev–Trinajstić information content (AvgIpc) is 3.65. The van der Waals surface area contributed by atoms with E-state index in [0.29, 0.717) is 43.2 Å². The molecule has 10 nitrogen and oxygen atoms in total. The summed E-state index contributed by atoms with van der Waals surface area (Å²) in [6, 6.07) is 15.0. The smallest absolute Gasteiger partial charge is 0.416 e. The van der Waals surface area contributed by atoms with E-state index in [1.807, 2.05) is 0 Å². The lowest BCUT2D eigenvalue weighted by Crippen LogP contribution is -2.04. The largest absolute Gasteiger partial charge is 0.508 e. The standard InChI is InChI=1S/C32H26F6N6O4/c33-31(34,35)19-5-8-25-27(13-19)41-43(39-25)21-15-22(45)17-24(16-21)48-12-4-2-1-3-11-47-23-7-10-29(30(46)18-23)44-40-26-9-6-20(32(36,37)38)14-28(26)42-44/h5-10,13-18,45-46H,1-4,11-12H2. The quantitative estimate of drug-likeness (QED) is 0.107. The molecule has 0 aliphatic heterocycles. The first-order valence-corrected chi connectivity index (χ1v) is 14.7. The summed E-state index contributed by atoms with van der Waals surface area (Å²) in [7, 11) is 0. The van der Waals surface area contributed by atoms with Crippen molar-refractivity contribution in [2.75, 3.05) is 13.2 Å². The van der Waals surface area contributed by atoms with E-state index in [1.54, 1.807) is 12.1 Å². The number of phenols is 2. The second kappa shape index (κ2) is 12.9. The molecule has 2 aromatic heterocycles. The van der Waals surface area contributed by atoms with E-state index in [1.165, 1.54) is 36.4 Å². The Hall–Kier alpha value is -5.54. The number of fused-ring (bicyclic) bond motifs is 2. The monoisotopic (exact) mass is 672 g/mol. The lowest BCUT2D eigenvalue weighted by molar-refractivity contribution is -0.138. The fourth-order valence-corrected chi connectivity index (χ4v) is 4.87. The van der Waals surface area contributed by atoms with Crippen LogP contribution in [0.1, 0.15) is 36.8 Å². The molecule has 0 saturated heterocycles. The van der Waals surface area contributed by atoms with Crippen molar-refractivity contribution in [3.8, 4) is 34.4 Å². The third kappa shape index (κ3) is 7.37. The van der Waals surface area contributed by atoms with E-state index in [-0.39, 0.29) is 39.3 Å². The van der Waals surface area contributed by atoms with Crippen LogP contribution in [0.4, 0.5) is 26.3 Å². The first kappa shape index (κ1) is 32.4. The molecule has 0 spiro atoms. The zero-order valence-corrected chi connectivity index (χ0v) is 24.8. The molecule has 0 fully saturated rings. The van der Waals surface area contributed by atoms with Crippen molar-refractivity contribution in [1.82, 2.24) is 30.0 Å². The van der Waals surface area contributed by atoms with Crippen molar-refractivity contribution < 1.29 is 46.0 Å². The highest BCUT2D eigenvalue weighted by molar-refractivity contribution is 5.76. The van der Waals surface area contributed by atoms with Crippen molar-refractivity contribution in [2.24, 2.45) is 0 Å². The third-order valence-electron chi connectivity index (χ3n) is 7.26. The van der Waals surface area contributed by atoms with Gasteiger partial charge in [0.25, 0.3) is 0 Å². The number of aromatic hydroxyl groups is 2. The number of alkyl halides is 6. The van der Waals surface area contributed by atoms with Gasteiger partial charge in [0.1, 0.15) is 50.8 Å². The topological polar surface area (TPSA) is 120 Å². The molecule has 0 aliphatic carbocycles. The Kier molecular flexibility index (Phi) is 8.73. The number of hydrogen-bond acceptors (Lipinski definition) is 8. The minimum Gasteiger partial charge on any atom is -0.508 e. The van der Waals surface area contributed by atoms with E-state index in [9.17, 15) is 36.6 Å². The number of benzene rings is 4. The molecule has 48 heavy (non-hydrogen) atoms. The molecule has 0 amide bonds. The number of unbranched alkanes of at least 4 members (excludes halogenated alkanes) is 3. The summed E-state index contributed by atoms with van der Waals surface area (Å²) >= 11 is 0. The molecule has 4 aromatic carbocycles. The lowest BCUT2D eigenvalue weighted by atomic mass is 10.2. The fourth-order valence-electron chi connectivity index (χ4n) is 4.87. The molecule has 2 N–H and O–H groups in total. The molecule has 0 radical (unpaired) electrons. The van der Waals surface area contributed by atoms with Crippen molar-refractivity contribution in [3.63, 3.8) is 0 Å². The Bertz CT molecular complexity index is 2070. The summed E-state index contributed by atoms with van der Waals surface area (Å²) in [5, 5.41) is 37.2. The summed E-state index contributed by atoms with van der Waals surface area (Å²) in [5.74, 6) is 0.419. The minimum atomic E-state index is -4.51. The highest BCUT2D eigenvalue weighted by Crippen LogP contribution is 2.33. The Morgan fingerprint density at radius 1 is 0.542 bits per heavy atom. The molecule has 250 valence electrons. The molecule has 0 unspecified atom stereocenters. The number of ether oxygens (including phenoxy) is 2. The second-order valence-corrected chi connectivity index (χ2v) is 10.8. The van der Waals surface area contributed by atoms with Gasteiger partial charge in [-0.05, 0) is 74.2 Å². The van der Waals surface area contributed by atoms with Crippen LogP contribution in [0.2, 0.25) is 0 Å². The van der Waals surface area contributed by atoms with Gasteiger partial charge in [-0.15, -0.1) is 25.2 Å². The molecule has 0 aliphatic rings. The SMILES string of the molecule is Oc1cc(OCCCCCCOc2ccc(-n3nc4ccc(C(F)(F)F)cc4n3)c(O)c2)cc(-n2nc3ccc(C(F)(F)F)cc3n2)c1. The van der Waals surface area contributed by atoms with Crippen molar-refractivity contribution in [2.45, 2.75) is 38.0 Å². The first-order valence-electron chi connectivity index (χ1n) is 14.7. The van der Waals surface area contributed by atoms with Gasteiger partial charge in [-0.25, -0.2) is 0 Å². The molecular weight excluding hydrogens is 646 g/mol. The van der Waals surface area contributed by atoms with Crippen LogP contribution in [0.15, 0.2) is 72.8 Å². The Morgan fingerprint density at radius 3 is 1.67 bits per heavy atom. The number of rotatable bonds is 11. The number of hydrogen-bond donors (Lipinski definition) is 2. The molecule has 0 atom stereocenters. The number of aromatic nitrogens is 6. The number of halogens is 6. The van der Waals surface area contributed by atoms with Crippen molar-refractivity contribution in [1.29, 1.82) is 0 Å². The maximum Gasteiger partial charge on any atom is 0.416 e. The molecular formula is C32H26F6N6O4. The van der Waals surface area contributed by atoms with Crippen LogP contribution in [0.3, 0.4) is 0 Å². The van der Waals surface area contributed by atoms with E-state index in [2.05, 4.69) is 20.4 Å². The molecule has 0 bridgehead atoms. The molecule has 16 heteroatoms. The molecule has 6 rings (SSSR count). The summed E-state index contributed by atoms with van der Waals surface area (Å²) in [4.78, 5) is 2.20. The highest BCUT2D eigenvalue weighted by Gasteiger charge is 2.32. The Morgan fingerprint density at radius 2 is 1.08 bits per heavy atom. The van der Waals surface area contributed by atoms with E-state index in [4.69, 9.17) is 9.47 Å². The molecule has 0 saturated carbocycles. The van der Waals surface area contributed by atoms with E-state index < -0.39 is 23.5 Å². The maximum atomic E-state index is 13.0. The van der Waals surface area contributed by atoms with Crippen LogP contribution < -0.4 is 9.47 Å². The van der Waals surface area contributed by atoms with Crippen LogP contribution in [-0.2, 0) is 12.4 Å². The average molecular weight is 673 g/mol. The number of phenolic OH excluding ortho intramolecular Hbond substituents is 2. The van der Waals surface area contributed by atoms with Crippen LogP contribution in [0, 0.1) is 0 Å². The van der Waals surface area contributed by atoms with Gasteiger partial charge in [-0.2, -0.15) is 31.1 Å². The van der Waals surface area contributed by atoms with Gasteiger partial charge in [0.15, 0.2) is 0 Å². The predicted octanol–water partition coefficient (Wildman–Crippen LogP) is 7.62. The third-order valence-corrected chi connectivity index (χ3v) is 7.26. The summed E-state index contributed by atoms with van der Waals surface area (Å²) in [5.41, 5.74) is -0.576. The summed E-state index contributed by atoms with van der Waals surface area (Å²) in [6.07, 6.45) is -6.00. The molecule has 2 heterocycles. The first-order chi connectivity index (χ1) is 22.8. The zero-order valence-electron chi connectivity index (χ0n) is 24.8. The van der Waals surface area contributed by atoms with Gasteiger partial charge in [0.2, 0.25) is 0 Å². The summed E-state index contributed by atoms with van der Waals surface area (Å²) < 4.78 is 89.6. The van der Waals surface area contributed by atoms with Gasteiger partial charge in [-0.1, -0.05) is 0 Å². The van der Waals surface area contributed by atoms with Gasteiger partial charge in [-0.3, -0.25) is 0 Å². The van der Waals surface area contributed by atoms with Crippen molar-refractivity contribution in [3.05, 3.63) is 83.9 Å². The predicted molar refractivity (Wildman–Crippen MR) is 161 cm³/mol.